The third-order valence-electron chi connectivity index (χ3n) is 7.27. The summed E-state index contributed by atoms with van der Waals surface area (Å²) >= 11 is 0. The Labute approximate surface area is 218 Å². The molecule has 5 heteroatoms. The van der Waals surface area contributed by atoms with E-state index in [1.807, 2.05) is 23.6 Å². The molecule has 0 radical (unpaired) electrons. The Morgan fingerprint density at radius 1 is 0.778 bits per heavy atom. The number of rotatable bonds is 13. The molecular formula is C31H45N3O2. The average Bonchev–Trinajstić information content (AvgIpc) is 2.90. The summed E-state index contributed by atoms with van der Waals surface area (Å²) in [6.07, 6.45) is 6.70. The molecule has 0 spiro atoms. The molecule has 2 amide bonds. The lowest BCUT2D eigenvalue weighted by Gasteiger charge is -2.40. The molecule has 1 fully saturated rings. The fraction of sp³-hybridized carbons (Fsp3) is 0.548. The van der Waals surface area contributed by atoms with Gasteiger partial charge in [-0.1, -0.05) is 93.3 Å². The molecule has 0 unspecified atom stereocenters. The van der Waals surface area contributed by atoms with Crippen LogP contribution in [0.15, 0.2) is 60.7 Å². The van der Waals surface area contributed by atoms with Crippen molar-refractivity contribution < 1.29 is 9.59 Å². The van der Waals surface area contributed by atoms with E-state index in [9.17, 15) is 9.59 Å². The minimum Gasteiger partial charge on any atom is -0.340 e. The van der Waals surface area contributed by atoms with Gasteiger partial charge in [-0.25, -0.2) is 0 Å². The van der Waals surface area contributed by atoms with Crippen LogP contribution in [0.3, 0.4) is 0 Å². The fourth-order valence-corrected chi connectivity index (χ4v) is 5.18. The molecule has 0 aromatic heterocycles. The van der Waals surface area contributed by atoms with E-state index in [1.54, 1.807) is 0 Å². The van der Waals surface area contributed by atoms with E-state index in [0.29, 0.717) is 19.4 Å². The quantitative estimate of drug-likeness (QED) is 0.327. The number of unbranched alkanes of at least 4 members (excludes halogenated alkanes) is 4. The molecule has 36 heavy (non-hydrogen) atoms. The van der Waals surface area contributed by atoms with E-state index in [4.69, 9.17) is 0 Å². The highest BCUT2D eigenvalue weighted by molar-refractivity contribution is 5.79. The Hall–Kier alpha value is -2.66. The van der Waals surface area contributed by atoms with Crippen LogP contribution in [-0.4, -0.2) is 65.3 Å². The summed E-state index contributed by atoms with van der Waals surface area (Å²) in [7, 11) is 0. The Morgan fingerprint density at radius 3 is 1.86 bits per heavy atom. The van der Waals surface area contributed by atoms with Crippen LogP contribution in [0.2, 0.25) is 0 Å². The molecule has 1 aliphatic rings. The first kappa shape index (κ1) is 27.9. The first-order valence-electron chi connectivity index (χ1n) is 13.9. The van der Waals surface area contributed by atoms with Gasteiger partial charge in [0.1, 0.15) is 0 Å². The van der Waals surface area contributed by atoms with E-state index in [1.165, 1.54) is 30.4 Å². The summed E-state index contributed by atoms with van der Waals surface area (Å²) in [5.74, 6) is 0.347. The van der Waals surface area contributed by atoms with E-state index >= 15 is 0 Å². The molecule has 0 aliphatic carbocycles. The third kappa shape index (κ3) is 8.19. The molecule has 0 N–H and O–H groups in total. The molecule has 1 heterocycles. The number of piperazine rings is 1. The van der Waals surface area contributed by atoms with Crippen LogP contribution in [0.25, 0.3) is 0 Å². The number of benzene rings is 2. The van der Waals surface area contributed by atoms with Crippen molar-refractivity contribution in [2.75, 3.05) is 32.7 Å². The van der Waals surface area contributed by atoms with Gasteiger partial charge in [0.05, 0.1) is 6.04 Å². The van der Waals surface area contributed by atoms with Crippen molar-refractivity contribution in [2.45, 2.75) is 77.8 Å². The van der Waals surface area contributed by atoms with Gasteiger partial charge in [-0.3, -0.25) is 14.5 Å². The molecule has 2 aromatic carbocycles. The third-order valence-corrected chi connectivity index (χ3v) is 7.27. The minimum atomic E-state index is 0.121. The molecule has 5 nitrogen and oxygen atoms in total. The highest BCUT2D eigenvalue weighted by Crippen LogP contribution is 2.29. The SMILES string of the molecule is CCCCCCCC(=O)N(CCC(=O)N1CCN(C(c2ccccc2)c2ccccc2)CC1)C(C)C. The molecule has 1 saturated heterocycles. The predicted molar refractivity (Wildman–Crippen MR) is 148 cm³/mol. The van der Waals surface area contributed by atoms with E-state index in [0.717, 1.165) is 39.0 Å². The number of amides is 2. The Balaban J connectivity index is 1.52. The first-order chi connectivity index (χ1) is 17.5. The van der Waals surface area contributed by atoms with Crippen molar-refractivity contribution in [3.05, 3.63) is 71.8 Å². The van der Waals surface area contributed by atoms with Gasteiger partial charge in [0, 0.05) is 51.6 Å². The zero-order valence-corrected chi connectivity index (χ0v) is 22.6. The second-order valence-corrected chi connectivity index (χ2v) is 10.2. The van der Waals surface area contributed by atoms with Crippen LogP contribution in [0.4, 0.5) is 0 Å². The summed E-state index contributed by atoms with van der Waals surface area (Å²) in [6.45, 7) is 9.94. The maximum atomic E-state index is 13.1. The van der Waals surface area contributed by atoms with Crippen LogP contribution >= 0.6 is 0 Å². The second-order valence-electron chi connectivity index (χ2n) is 10.2. The minimum absolute atomic E-state index is 0.121. The van der Waals surface area contributed by atoms with Crippen LogP contribution < -0.4 is 0 Å². The van der Waals surface area contributed by atoms with Crippen molar-refractivity contribution >= 4 is 11.8 Å². The number of nitrogens with zero attached hydrogens (tertiary/aromatic N) is 3. The lowest BCUT2D eigenvalue weighted by molar-refractivity contribution is -0.136. The van der Waals surface area contributed by atoms with Gasteiger partial charge in [0.2, 0.25) is 11.8 Å². The van der Waals surface area contributed by atoms with Gasteiger partial charge in [0.15, 0.2) is 0 Å². The molecule has 196 valence electrons. The van der Waals surface area contributed by atoms with Crippen LogP contribution in [0.1, 0.15) is 82.9 Å². The van der Waals surface area contributed by atoms with Crippen LogP contribution in [0, 0.1) is 0 Å². The highest BCUT2D eigenvalue weighted by Gasteiger charge is 2.28. The average molecular weight is 492 g/mol. The van der Waals surface area contributed by atoms with Gasteiger partial charge in [-0.15, -0.1) is 0 Å². The van der Waals surface area contributed by atoms with Crippen molar-refractivity contribution in [1.29, 1.82) is 0 Å². The van der Waals surface area contributed by atoms with Gasteiger partial charge in [-0.05, 0) is 31.4 Å². The Bertz CT molecular complexity index is 868. The second kappa shape index (κ2) is 14.8. The summed E-state index contributed by atoms with van der Waals surface area (Å²) in [5.41, 5.74) is 2.56. The first-order valence-corrected chi connectivity index (χ1v) is 13.9. The smallest absolute Gasteiger partial charge is 0.224 e. The maximum Gasteiger partial charge on any atom is 0.224 e. The molecule has 0 saturated carbocycles. The molecule has 0 atom stereocenters. The van der Waals surface area contributed by atoms with Crippen molar-refractivity contribution in [1.82, 2.24) is 14.7 Å². The number of hydrogen-bond donors (Lipinski definition) is 0. The molecule has 2 aromatic rings. The topological polar surface area (TPSA) is 43.9 Å². The van der Waals surface area contributed by atoms with Crippen molar-refractivity contribution in [2.24, 2.45) is 0 Å². The van der Waals surface area contributed by atoms with Crippen LogP contribution in [0.5, 0.6) is 0 Å². The number of hydrogen-bond acceptors (Lipinski definition) is 3. The summed E-state index contributed by atoms with van der Waals surface area (Å²) in [6, 6.07) is 21.6. The van der Waals surface area contributed by atoms with Crippen LogP contribution in [-0.2, 0) is 9.59 Å². The summed E-state index contributed by atoms with van der Waals surface area (Å²) in [4.78, 5) is 32.2. The predicted octanol–water partition coefficient (Wildman–Crippen LogP) is 5.91. The summed E-state index contributed by atoms with van der Waals surface area (Å²) in [5, 5.41) is 0. The van der Waals surface area contributed by atoms with E-state index < -0.39 is 0 Å². The fourth-order valence-electron chi connectivity index (χ4n) is 5.18. The van der Waals surface area contributed by atoms with Gasteiger partial charge >= 0.3 is 0 Å². The van der Waals surface area contributed by atoms with Gasteiger partial charge < -0.3 is 9.80 Å². The highest BCUT2D eigenvalue weighted by atomic mass is 16.2. The van der Waals surface area contributed by atoms with Gasteiger partial charge in [0.25, 0.3) is 0 Å². The van der Waals surface area contributed by atoms with Crippen molar-refractivity contribution in [3.63, 3.8) is 0 Å². The number of carbonyl (C=O) groups is 2. The lowest BCUT2D eigenvalue weighted by Crippen LogP contribution is -2.50. The lowest BCUT2D eigenvalue weighted by atomic mass is 9.96. The number of carbonyl (C=O) groups excluding carboxylic acids is 2. The largest absolute Gasteiger partial charge is 0.340 e. The Morgan fingerprint density at radius 2 is 1.33 bits per heavy atom. The molecule has 3 rings (SSSR count). The Kier molecular flexibility index (Phi) is 11.5. The molecule has 1 aliphatic heterocycles. The molecule has 0 bridgehead atoms. The van der Waals surface area contributed by atoms with E-state index in [2.05, 4.69) is 72.5 Å². The van der Waals surface area contributed by atoms with Crippen molar-refractivity contribution in [3.8, 4) is 0 Å². The normalized spacial score (nSPS) is 14.4. The standard InChI is InChI=1S/C31H45N3O2/c1-4-5-6-7-14-19-30(36)34(26(2)3)21-20-29(35)32-22-24-33(25-23-32)31(27-15-10-8-11-16-27)28-17-12-9-13-18-28/h8-13,15-18,26,31H,4-7,14,19-25H2,1-3H3. The zero-order chi connectivity index (χ0) is 25.8. The summed E-state index contributed by atoms with van der Waals surface area (Å²) < 4.78 is 0. The maximum absolute atomic E-state index is 13.1. The van der Waals surface area contributed by atoms with E-state index in [-0.39, 0.29) is 23.9 Å². The zero-order valence-electron chi connectivity index (χ0n) is 22.6. The van der Waals surface area contributed by atoms with Gasteiger partial charge in [-0.2, -0.15) is 0 Å². The molecular weight excluding hydrogens is 446 g/mol. The monoisotopic (exact) mass is 491 g/mol.